The number of rotatable bonds is 6. The van der Waals surface area contributed by atoms with Crippen LogP contribution in [0.4, 0.5) is 5.69 Å². The van der Waals surface area contributed by atoms with Gasteiger partial charge in [-0.05, 0) is 36.1 Å². The van der Waals surface area contributed by atoms with Gasteiger partial charge in [-0.3, -0.25) is 14.5 Å². The van der Waals surface area contributed by atoms with Crippen molar-refractivity contribution in [2.45, 2.75) is 5.92 Å². The van der Waals surface area contributed by atoms with E-state index in [-0.39, 0.29) is 17.5 Å². The van der Waals surface area contributed by atoms with E-state index < -0.39 is 5.92 Å². The lowest BCUT2D eigenvalue weighted by Crippen LogP contribution is -2.33. The molecular weight excluding hydrogens is 348 g/mol. The summed E-state index contributed by atoms with van der Waals surface area (Å²) < 4.78 is 5.15. The van der Waals surface area contributed by atoms with Crippen LogP contribution in [0.1, 0.15) is 11.5 Å². The number of carbonyl (C=O) groups is 2. The Morgan fingerprint density at radius 1 is 1.08 bits per heavy atom. The quantitative estimate of drug-likeness (QED) is 0.734. The van der Waals surface area contributed by atoms with Crippen molar-refractivity contribution in [2.24, 2.45) is 4.99 Å². The molecule has 1 saturated heterocycles. The summed E-state index contributed by atoms with van der Waals surface area (Å²) in [5.74, 6) is 0.238. The van der Waals surface area contributed by atoms with Gasteiger partial charge in [0.15, 0.2) is 0 Å². The molecule has 0 aliphatic carbocycles. The number of aliphatic imine (C=N–C) groups is 1. The van der Waals surface area contributed by atoms with Crippen LogP contribution in [0.15, 0.2) is 59.6 Å². The van der Waals surface area contributed by atoms with Crippen LogP contribution in [-0.2, 0) is 9.59 Å². The lowest BCUT2D eigenvalue weighted by atomic mass is 9.96. The average molecular weight is 368 g/mol. The minimum Gasteiger partial charge on any atom is -0.497 e. The highest BCUT2D eigenvalue weighted by Crippen LogP contribution is 2.30. The number of ether oxygens (including phenoxy) is 1. The molecule has 1 heterocycles. The number of methoxy groups -OCH3 is 1. The predicted octanol–water partition coefficient (Wildman–Crippen LogP) is 3.28. The Morgan fingerprint density at radius 3 is 2.38 bits per heavy atom. The van der Waals surface area contributed by atoms with Crippen LogP contribution in [0.5, 0.6) is 5.75 Å². The summed E-state index contributed by atoms with van der Waals surface area (Å²) in [5, 5.41) is 0. The minimum atomic E-state index is -0.660. The second-order valence-corrected chi connectivity index (χ2v) is 6.81. The van der Waals surface area contributed by atoms with Gasteiger partial charge in [0.2, 0.25) is 5.91 Å². The smallest absolute Gasteiger partial charge is 0.276 e. The van der Waals surface area contributed by atoms with E-state index in [0.717, 1.165) is 5.56 Å². The Balaban J connectivity index is 2.01. The summed E-state index contributed by atoms with van der Waals surface area (Å²) in [7, 11) is 1.59. The molecular formula is C20H20N2O3S. The molecule has 1 aliphatic heterocycles. The van der Waals surface area contributed by atoms with Gasteiger partial charge >= 0.3 is 0 Å². The number of nitrogens with zero attached hydrogens (tertiary/aromatic N) is 2. The van der Waals surface area contributed by atoms with Crippen molar-refractivity contribution in [2.75, 3.05) is 25.7 Å². The molecule has 0 bridgehead atoms. The Morgan fingerprint density at radius 2 is 1.77 bits per heavy atom. The van der Waals surface area contributed by atoms with Gasteiger partial charge in [-0.15, -0.1) is 0 Å². The highest BCUT2D eigenvalue weighted by atomic mass is 32.2. The van der Waals surface area contributed by atoms with Crippen LogP contribution in [0.3, 0.4) is 0 Å². The molecule has 2 aromatic rings. The van der Waals surface area contributed by atoms with E-state index >= 15 is 0 Å². The van der Waals surface area contributed by atoms with Crippen LogP contribution in [0, 0.1) is 0 Å². The average Bonchev–Trinajstić information content (AvgIpc) is 2.91. The van der Waals surface area contributed by atoms with Crippen LogP contribution in [0.2, 0.25) is 0 Å². The van der Waals surface area contributed by atoms with Gasteiger partial charge in [0.25, 0.3) is 5.91 Å². The van der Waals surface area contributed by atoms with E-state index in [9.17, 15) is 9.59 Å². The van der Waals surface area contributed by atoms with Crippen LogP contribution in [0.25, 0.3) is 0 Å². The van der Waals surface area contributed by atoms with Gasteiger partial charge in [0.05, 0.1) is 12.8 Å². The van der Waals surface area contributed by atoms with Crippen molar-refractivity contribution < 1.29 is 14.3 Å². The molecule has 0 spiro atoms. The van der Waals surface area contributed by atoms with Crippen molar-refractivity contribution in [1.82, 2.24) is 4.90 Å². The highest BCUT2D eigenvalue weighted by Gasteiger charge is 2.45. The van der Waals surface area contributed by atoms with Gasteiger partial charge in [-0.1, -0.05) is 30.3 Å². The minimum absolute atomic E-state index is 0.206. The fourth-order valence-corrected chi connectivity index (χ4v) is 3.25. The lowest BCUT2D eigenvalue weighted by molar-refractivity contribution is -0.137. The summed E-state index contributed by atoms with van der Waals surface area (Å²) in [6.07, 6.45) is 1.95. The first-order valence-corrected chi connectivity index (χ1v) is 9.67. The third kappa shape index (κ3) is 3.65. The number of amides is 2. The van der Waals surface area contributed by atoms with Crippen molar-refractivity contribution >= 4 is 35.0 Å². The molecule has 0 saturated carbocycles. The van der Waals surface area contributed by atoms with E-state index in [1.807, 2.05) is 36.6 Å². The zero-order valence-corrected chi connectivity index (χ0v) is 15.5. The first-order valence-electron chi connectivity index (χ1n) is 8.28. The van der Waals surface area contributed by atoms with Gasteiger partial charge in [-0.25, -0.2) is 4.99 Å². The summed E-state index contributed by atoms with van der Waals surface area (Å²) in [4.78, 5) is 31.6. The molecule has 0 aromatic heterocycles. The van der Waals surface area contributed by atoms with Crippen LogP contribution < -0.4 is 4.74 Å². The molecule has 0 N–H and O–H groups in total. The molecule has 1 fully saturated rings. The second kappa shape index (κ2) is 8.19. The number of benzene rings is 2. The zero-order valence-electron chi connectivity index (χ0n) is 14.7. The monoisotopic (exact) mass is 368 g/mol. The van der Waals surface area contributed by atoms with Gasteiger partial charge in [0, 0.05) is 12.3 Å². The van der Waals surface area contributed by atoms with E-state index in [4.69, 9.17) is 4.74 Å². The zero-order chi connectivity index (χ0) is 18.5. The molecule has 3 rings (SSSR count). The van der Waals surface area contributed by atoms with E-state index in [2.05, 4.69) is 4.99 Å². The van der Waals surface area contributed by atoms with E-state index in [1.165, 1.54) is 4.90 Å². The number of thioether (sulfide) groups is 1. The van der Waals surface area contributed by atoms with E-state index in [1.54, 1.807) is 43.1 Å². The lowest BCUT2D eigenvalue weighted by Gasteiger charge is -2.13. The molecule has 1 aliphatic rings. The summed E-state index contributed by atoms with van der Waals surface area (Å²) >= 11 is 1.60. The summed E-state index contributed by atoms with van der Waals surface area (Å²) in [6.45, 7) is 0.393. The van der Waals surface area contributed by atoms with Gasteiger partial charge in [-0.2, -0.15) is 11.8 Å². The fraction of sp³-hybridized carbons (Fsp3) is 0.250. The van der Waals surface area contributed by atoms with Crippen LogP contribution in [-0.4, -0.2) is 48.1 Å². The number of likely N-dealkylation sites (tertiary alicyclic amines) is 1. The first-order chi connectivity index (χ1) is 12.7. The Labute approximate surface area is 157 Å². The molecule has 2 aromatic carbocycles. The van der Waals surface area contributed by atoms with Gasteiger partial charge in [0.1, 0.15) is 17.4 Å². The molecule has 26 heavy (non-hydrogen) atoms. The third-order valence-corrected chi connectivity index (χ3v) is 4.82. The normalized spacial score (nSPS) is 18.6. The SMILES string of the molecule is COc1ccc(N=C2C(=O)N(CCSC)C(=O)C2c2ccccc2)cc1. The molecule has 2 amide bonds. The number of hydrogen-bond donors (Lipinski definition) is 0. The predicted molar refractivity (Wildman–Crippen MR) is 104 cm³/mol. The highest BCUT2D eigenvalue weighted by molar-refractivity contribution is 7.98. The van der Waals surface area contributed by atoms with Crippen molar-refractivity contribution in [3.05, 3.63) is 60.2 Å². The summed E-state index contributed by atoms with van der Waals surface area (Å²) in [6, 6.07) is 16.4. The number of imide groups is 1. The molecule has 5 nitrogen and oxygen atoms in total. The second-order valence-electron chi connectivity index (χ2n) is 5.83. The molecule has 1 atom stereocenters. The van der Waals surface area contributed by atoms with Crippen molar-refractivity contribution in [1.29, 1.82) is 0 Å². The molecule has 0 radical (unpaired) electrons. The van der Waals surface area contributed by atoms with Gasteiger partial charge < -0.3 is 4.74 Å². The third-order valence-electron chi connectivity index (χ3n) is 4.22. The maximum Gasteiger partial charge on any atom is 0.276 e. The molecule has 1 unspecified atom stereocenters. The Kier molecular flexibility index (Phi) is 5.73. The first kappa shape index (κ1) is 18.2. The molecule has 134 valence electrons. The number of carbonyl (C=O) groups excluding carboxylic acids is 2. The van der Waals surface area contributed by atoms with Crippen molar-refractivity contribution in [3.8, 4) is 5.75 Å². The molecule has 6 heteroatoms. The Bertz CT molecular complexity index is 819. The maximum absolute atomic E-state index is 12.9. The largest absolute Gasteiger partial charge is 0.497 e. The maximum atomic E-state index is 12.9. The number of hydrogen-bond acceptors (Lipinski definition) is 5. The topological polar surface area (TPSA) is 59.0 Å². The summed E-state index contributed by atoms with van der Waals surface area (Å²) in [5.41, 5.74) is 1.67. The van der Waals surface area contributed by atoms with E-state index in [0.29, 0.717) is 23.7 Å². The fourth-order valence-electron chi connectivity index (χ4n) is 2.88. The van der Waals surface area contributed by atoms with Crippen molar-refractivity contribution in [3.63, 3.8) is 0 Å². The van der Waals surface area contributed by atoms with Crippen LogP contribution >= 0.6 is 11.8 Å². The standard InChI is InChI=1S/C20H20N2O3S/c1-25-16-10-8-15(9-11-16)21-18-17(14-6-4-3-5-7-14)19(23)22(20(18)24)12-13-26-2/h3-11,17H,12-13H2,1-2H3. The Hall–Kier alpha value is -2.60.